The minimum atomic E-state index is -1.59. The highest BCUT2D eigenvalue weighted by molar-refractivity contribution is 6.37. The van der Waals surface area contributed by atoms with Crippen LogP contribution in [0.3, 0.4) is 0 Å². The number of benzene rings is 5. The van der Waals surface area contributed by atoms with Crippen LogP contribution >= 0.6 is 46.4 Å². The molecule has 4 N–H and O–H groups in total. The largest absolute Gasteiger partial charge is 0.324 e. The van der Waals surface area contributed by atoms with Gasteiger partial charge in [0.05, 0.1) is 31.9 Å². The molecule has 0 saturated carbocycles. The van der Waals surface area contributed by atoms with Crippen molar-refractivity contribution in [2.45, 2.75) is 77.2 Å². The van der Waals surface area contributed by atoms with Crippen molar-refractivity contribution in [3.8, 4) is 0 Å². The van der Waals surface area contributed by atoms with Crippen molar-refractivity contribution in [2.75, 3.05) is 21.3 Å². The summed E-state index contributed by atoms with van der Waals surface area (Å²) in [5, 5.41) is 26.6. The Morgan fingerprint density at radius 3 is 1.32 bits per heavy atom. The van der Waals surface area contributed by atoms with Gasteiger partial charge in [0, 0.05) is 22.7 Å². The zero-order valence-electron chi connectivity index (χ0n) is 36.7. The van der Waals surface area contributed by atoms with Gasteiger partial charge in [-0.15, -0.1) is 23.2 Å². The second kappa shape index (κ2) is 23.2. The highest BCUT2D eigenvalue weighted by Gasteiger charge is 2.28. The van der Waals surface area contributed by atoms with Gasteiger partial charge in [0.1, 0.15) is 11.4 Å². The zero-order valence-corrected chi connectivity index (χ0v) is 39.7. The molecular weight excluding hydrogens is 926 g/mol. The second-order valence-electron chi connectivity index (χ2n) is 14.9. The van der Waals surface area contributed by atoms with Gasteiger partial charge in [-0.1, -0.05) is 85.6 Å². The summed E-state index contributed by atoms with van der Waals surface area (Å²) in [7, 11) is 0. The van der Waals surface area contributed by atoms with Gasteiger partial charge in [-0.3, -0.25) is 28.8 Å². The molecule has 4 amide bonds. The van der Waals surface area contributed by atoms with Gasteiger partial charge in [0.15, 0.2) is 11.6 Å². The number of alkyl halides is 2. The molecule has 0 bridgehead atoms. The van der Waals surface area contributed by atoms with E-state index in [0.717, 1.165) is 0 Å². The van der Waals surface area contributed by atoms with Gasteiger partial charge in [-0.2, -0.15) is 20.5 Å². The number of para-hydroxylation sites is 2. The Kier molecular flexibility index (Phi) is 17.8. The Morgan fingerprint density at radius 1 is 0.545 bits per heavy atom. The van der Waals surface area contributed by atoms with E-state index >= 15 is 0 Å². The first kappa shape index (κ1) is 50.7. The maximum atomic E-state index is 13.7. The van der Waals surface area contributed by atoms with E-state index in [9.17, 15) is 28.8 Å². The quantitative estimate of drug-likeness (QED) is 0.0382. The molecule has 4 atom stereocenters. The number of aryl methyl sites for hydroxylation is 2. The van der Waals surface area contributed by atoms with E-state index in [0.29, 0.717) is 57.8 Å². The average Bonchev–Trinajstić information content (AvgIpc) is 3.27. The molecular formula is C48H46Cl4N8O6. The molecule has 0 aliphatic rings. The predicted molar refractivity (Wildman–Crippen MR) is 261 cm³/mol. The standard InChI is InChI=1S/C48H46Cl4N8O6/c1-7-29-23-31(53-47(65)42(27(5)61)59-57-38-21-13-17-34(40(38)51)45(63)54-36-19-11-9-15-32(36)25(3)49)24-30(8-2)44(29)56-48(66)43(28(6)62)60-58-39-22-14-18-35(41(39)52)46(64)55-37-20-12-10-16-33(37)26(4)50/h9-26,42-43H,7-8H2,1-6H3,(H,53,65)(H,54,63)(H,55,64)(H,56,66). The summed E-state index contributed by atoms with van der Waals surface area (Å²) in [5.41, 5.74) is 4.57. The Labute approximate surface area is 402 Å². The van der Waals surface area contributed by atoms with E-state index in [2.05, 4.69) is 41.7 Å². The van der Waals surface area contributed by atoms with Gasteiger partial charge in [-0.05, 0) is 111 Å². The summed E-state index contributed by atoms with van der Waals surface area (Å²) in [6.45, 7) is 9.61. The lowest BCUT2D eigenvalue weighted by atomic mass is 10.0. The van der Waals surface area contributed by atoms with Crippen molar-refractivity contribution < 1.29 is 28.8 Å². The summed E-state index contributed by atoms with van der Waals surface area (Å²) in [5.74, 6) is -3.87. The summed E-state index contributed by atoms with van der Waals surface area (Å²) in [6, 6.07) is 23.2. The van der Waals surface area contributed by atoms with E-state index < -0.39 is 47.3 Å². The number of hydrogen-bond donors (Lipinski definition) is 4. The van der Waals surface area contributed by atoms with Crippen molar-refractivity contribution in [1.82, 2.24) is 0 Å². The number of nitrogens with one attached hydrogen (secondary N) is 4. The SMILES string of the molecule is CCc1cc(NC(=O)C(N=Nc2cccc(C(=O)Nc3ccccc3C(C)Cl)c2Cl)C(C)=O)cc(CC)c1NC(=O)C(N=Nc1cccc(C(=O)Nc2ccccc2C(C)Cl)c1Cl)C(C)=O. The minimum absolute atomic E-state index is 0.0477. The molecule has 18 heteroatoms. The predicted octanol–water partition coefficient (Wildman–Crippen LogP) is 12.6. The monoisotopic (exact) mass is 970 g/mol. The number of amides is 4. The van der Waals surface area contributed by atoms with Crippen LogP contribution in [0.25, 0.3) is 0 Å². The summed E-state index contributed by atoms with van der Waals surface area (Å²) in [6.07, 6.45) is 0.762. The van der Waals surface area contributed by atoms with Gasteiger partial charge < -0.3 is 21.3 Å². The maximum absolute atomic E-state index is 13.7. The van der Waals surface area contributed by atoms with Gasteiger partial charge in [-0.25, -0.2) is 0 Å². The Bertz CT molecular complexity index is 2720. The van der Waals surface area contributed by atoms with Crippen LogP contribution in [0.1, 0.15) is 95.3 Å². The van der Waals surface area contributed by atoms with Crippen molar-refractivity contribution in [1.29, 1.82) is 0 Å². The van der Waals surface area contributed by atoms with Crippen LogP contribution in [-0.4, -0.2) is 47.3 Å². The van der Waals surface area contributed by atoms with Crippen molar-refractivity contribution in [2.24, 2.45) is 20.5 Å². The van der Waals surface area contributed by atoms with Gasteiger partial charge in [0.25, 0.3) is 23.6 Å². The lowest BCUT2D eigenvalue weighted by Crippen LogP contribution is -2.33. The third kappa shape index (κ3) is 12.5. The molecule has 0 saturated heterocycles. The molecule has 5 aromatic carbocycles. The highest BCUT2D eigenvalue weighted by Crippen LogP contribution is 2.34. The van der Waals surface area contributed by atoms with Crippen molar-refractivity contribution in [3.63, 3.8) is 0 Å². The van der Waals surface area contributed by atoms with E-state index in [1.165, 1.54) is 44.2 Å². The number of carbonyl (C=O) groups excluding carboxylic acids is 6. The molecule has 342 valence electrons. The number of rotatable bonds is 18. The second-order valence-corrected chi connectivity index (χ2v) is 17.0. The summed E-state index contributed by atoms with van der Waals surface area (Å²) >= 11 is 25.8. The van der Waals surface area contributed by atoms with E-state index in [1.807, 2.05) is 13.8 Å². The molecule has 5 aromatic rings. The summed E-state index contributed by atoms with van der Waals surface area (Å²) in [4.78, 5) is 79.4. The van der Waals surface area contributed by atoms with Crippen LogP contribution in [-0.2, 0) is 32.0 Å². The number of carbonyl (C=O) groups is 6. The van der Waals surface area contributed by atoms with Crippen LogP contribution < -0.4 is 21.3 Å². The molecule has 5 rings (SSSR count). The maximum Gasteiger partial charge on any atom is 0.258 e. The van der Waals surface area contributed by atoms with Crippen LogP contribution in [0.2, 0.25) is 10.0 Å². The van der Waals surface area contributed by atoms with Gasteiger partial charge >= 0.3 is 0 Å². The molecule has 0 spiro atoms. The average molecular weight is 973 g/mol. The Balaban J connectivity index is 1.32. The molecule has 0 fully saturated rings. The first-order valence-corrected chi connectivity index (χ1v) is 22.3. The fraction of sp³-hybridized carbons (Fsp3) is 0.250. The Morgan fingerprint density at radius 2 is 0.939 bits per heavy atom. The molecule has 14 nitrogen and oxygen atoms in total. The first-order valence-electron chi connectivity index (χ1n) is 20.7. The van der Waals surface area contributed by atoms with Crippen LogP contribution in [0.4, 0.5) is 34.1 Å². The number of nitrogens with zero attached hydrogens (tertiary/aromatic N) is 4. The normalized spacial score (nSPS) is 13.1. The number of hydrogen-bond acceptors (Lipinski definition) is 10. The molecule has 0 aromatic heterocycles. The van der Waals surface area contributed by atoms with Gasteiger partial charge in [0.2, 0.25) is 12.1 Å². The van der Waals surface area contributed by atoms with Crippen molar-refractivity contribution in [3.05, 3.63) is 140 Å². The number of anilines is 4. The molecule has 66 heavy (non-hydrogen) atoms. The van der Waals surface area contributed by atoms with E-state index in [-0.39, 0.29) is 43.3 Å². The lowest BCUT2D eigenvalue weighted by Gasteiger charge is -2.19. The third-order valence-electron chi connectivity index (χ3n) is 10.1. The van der Waals surface area contributed by atoms with E-state index in [4.69, 9.17) is 46.4 Å². The molecule has 0 radical (unpaired) electrons. The molecule has 4 unspecified atom stereocenters. The molecule has 0 heterocycles. The van der Waals surface area contributed by atoms with Crippen molar-refractivity contribution >= 4 is 116 Å². The smallest absolute Gasteiger partial charge is 0.258 e. The van der Waals surface area contributed by atoms with E-state index in [1.54, 1.807) is 80.6 Å². The van der Waals surface area contributed by atoms with Crippen LogP contribution in [0.15, 0.2) is 118 Å². The third-order valence-corrected chi connectivity index (χ3v) is 11.4. The summed E-state index contributed by atoms with van der Waals surface area (Å²) < 4.78 is 0. The highest BCUT2D eigenvalue weighted by atomic mass is 35.5. The Hall–Kier alpha value is -6.32. The number of halogens is 4. The molecule has 0 aliphatic carbocycles. The fourth-order valence-corrected chi connectivity index (χ4v) is 7.56. The lowest BCUT2D eigenvalue weighted by molar-refractivity contribution is -0.127. The van der Waals surface area contributed by atoms with Crippen LogP contribution in [0, 0.1) is 0 Å². The zero-order chi connectivity index (χ0) is 48.2. The topological polar surface area (TPSA) is 200 Å². The molecule has 0 aliphatic heterocycles. The number of azo groups is 2. The number of Topliss-reactive ketones (excluding diaryl/α,β-unsaturated/α-hetero) is 2. The first-order chi connectivity index (χ1) is 31.4. The van der Waals surface area contributed by atoms with Crippen LogP contribution in [0.5, 0.6) is 0 Å². The fourth-order valence-electron chi connectivity index (χ4n) is 6.68. The minimum Gasteiger partial charge on any atom is -0.324 e. The number of ketones is 2.